The molecule has 0 atom stereocenters. The van der Waals surface area contributed by atoms with Crippen LogP contribution >= 0.6 is 0 Å². The largest absolute Gasteiger partial charge is 0.508 e. The minimum Gasteiger partial charge on any atom is -0.508 e. The Morgan fingerprint density at radius 2 is 1.02 bits per heavy atom. The van der Waals surface area contributed by atoms with Gasteiger partial charge in [-0.2, -0.15) is 0 Å². The van der Waals surface area contributed by atoms with Crippen molar-refractivity contribution in [2.45, 2.75) is 0 Å². The molecule has 0 saturated heterocycles. The number of nitrogen functional groups attached to an aromatic ring is 1. The molecule has 5 aromatic carbocycles. The average molecular weight is 752 g/mol. The number of hydrogen-bond acceptors (Lipinski definition) is 16. The van der Waals surface area contributed by atoms with Crippen LogP contribution in [0.4, 0.5) is 14.5 Å². The SMILES string of the molecule is COc1c(O)cc(O)cc1O.COc1cc(O)cc(O)c1.Nc1ccc(O)cc1O.O.O=Cc1cc(O)c(O)cc1F.O=Cc1ccc(O)c(O)c1F. The Kier molecular flexibility index (Phi) is 18.5. The molecule has 0 spiro atoms. The minimum absolute atomic E-state index is 0. The van der Waals surface area contributed by atoms with E-state index in [1.807, 2.05) is 0 Å². The van der Waals surface area contributed by atoms with E-state index in [4.69, 9.17) is 66.6 Å². The lowest BCUT2D eigenvalue weighted by Gasteiger charge is -2.04. The summed E-state index contributed by atoms with van der Waals surface area (Å²) in [5.74, 6) is -4.96. The van der Waals surface area contributed by atoms with E-state index in [1.54, 1.807) is 0 Å². The number of ether oxygens (including phenoxy) is 2. The second-order valence-electron chi connectivity index (χ2n) is 9.58. The summed E-state index contributed by atoms with van der Waals surface area (Å²) in [6, 6.07) is 13.9. The van der Waals surface area contributed by atoms with Gasteiger partial charge in [-0.1, -0.05) is 0 Å². The lowest BCUT2D eigenvalue weighted by atomic mass is 10.2. The molecule has 19 heteroatoms. The first kappa shape index (κ1) is 45.5. The number of benzene rings is 5. The number of anilines is 1. The molecule has 0 aliphatic heterocycles. The van der Waals surface area contributed by atoms with Crippen molar-refractivity contribution in [3.63, 3.8) is 0 Å². The molecular weight excluding hydrogens is 716 g/mol. The average Bonchev–Trinajstić information content (AvgIpc) is 3.08. The van der Waals surface area contributed by atoms with E-state index in [1.165, 1.54) is 50.6 Å². The third kappa shape index (κ3) is 14.5. The van der Waals surface area contributed by atoms with Crippen LogP contribution in [-0.4, -0.2) is 88.4 Å². The first-order chi connectivity index (χ1) is 24.4. The highest BCUT2D eigenvalue weighted by Gasteiger charge is 2.11. The van der Waals surface area contributed by atoms with Gasteiger partial charge in [0.25, 0.3) is 0 Å². The van der Waals surface area contributed by atoms with Crippen LogP contribution < -0.4 is 15.2 Å². The molecule has 0 bridgehead atoms. The number of nitrogens with two attached hydrogens (primary N) is 1. The number of methoxy groups -OCH3 is 2. The Bertz CT molecular complexity index is 1930. The van der Waals surface area contributed by atoms with Crippen molar-refractivity contribution >= 4 is 18.3 Å². The summed E-state index contributed by atoms with van der Waals surface area (Å²) in [7, 11) is 2.78. The number of aromatic hydroxyl groups is 11. The van der Waals surface area contributed by atoms with E-state index in [0.717, 1.165) is 30.3 Å². The standard InChI is InChI=1S/2C7H5FO3.C7H8O4.C7H8O3.C6H7NO2.H2O/c8-5-2-7(11)6(10)1-4(5)3-9;8-6-4(3-9)1-2-5(10)7(6)11;1-11-7-5(9)2-4(8)3-6(7)10;1-10-7-3-5(8)2-6(9)4-7;7-5-2-1-4(8)3-6(5)9;/h2*1-3,10-11H;2-3,8-10H,1H3;2-4,8-9H,1H3;1-3,8-9H,7H2;1H2. The van der Waals surface area contributed by atoms with Gasteiger partial charge in [-0.25, -0.2) is 8.78 Å². The Balaban J connectivity index is 0.000000636. The van der Waals surface area contributed by atoms with E-state index in [0.29, 0.717) is 11.8 Å². The molecular formula is C34H35F2NO16. The zero-order chi connectivity index (χ0) is 39.7. The summed E-state index contributed by atoms with van der Waals surface area (Å²) in [6.45, 7) is 0. The van der Waals surface area contributed by atoms with Gasteiger partial charge >= 0.3 is 0 Å². The fraction of sp³-hybridized carbons (Fsp3) is 0.0588. The molecule has 0 radical (unpaired) electrons. The third-order valence-electron chi connectivity index (χ3n) is 5.84. The molecule has 0 saturated carbocycles. The number of carbonyl (C=O) groups excluding carboxylic acids is 2. The van der Waals surface area contributed by atoms with Gasteiger partial charge in [-0.3, -0.25) is 9.59 Å². The zero-order valence-electron chi connectivity index (χ0n) is 27.5. The fourth-order valence-corrected chi connectivity index (χ4v) is 3.33. The topological polar surface area (TPSA) is 333 Å². The highest BCUT2D eigenvalue weighted by Crippen LogP contribution is 2.38. The number of halogens is 2. The summed E-state index contributed by atoms with van der Waals surface area (Å²) in [5, 5.41) is 97.1. The van der Waals surface area contributed by atoms with E-state index in [-0.39, 0.29) is 80.9 Å². The van der Waals surface area contributed by atoms with Gasteiger partial charge in [0, 0.05) is 42.5 Å². The fourth-order valence-electron chi connectivity index (χ4n) is 3.33. The molecule has 17 nitrogen and oxygen atoms in total. The highest BCUT2D eigenvalue weighted by atomic mass is 19.1. The van der Waals surface area contributed by atoms with Crippen molar-refractivity contribution < 1.29 is 89.5 Å². The first-order valence-electron chi connectivity index (χ1n) is 13.8. The van der Waals surface area contributed by atoms with Crippen LogP contribution in [0.1, 0.15) is 20.7 Å². The van der Waals surface area contributed by atoms with Crippen LogP contribution in [0.25, 0.3) is 0 Å². The van der Waals surface area contributed by atoms with Crippen LogP contribution in [0, 0.1) is 11.6 Å². The van der Waals surface area contributed by atoms with Crippen LogP contribution in [0.15, 0.2) is 72.8 Å². The molecule has 286 valence electrons. The summed E-state index contributed by atoms with van der Waals surface area (Å²) < 4.78 is 34.5. The van der Waals surface area contributed by atoms with Crippen molar-refractivity contribution in [1.82, 2.24) is 0 Å². The number of phenolic OH excluding ortho intramolecular Hbond substituents is 11. The molecule has 0 aromatic heterocycles. The first-order valence-corrected chi connectivity index (χ1v) is 13.8. The molecule has 53 heavy (non-hydrogen) atoms. The van der Waals surface area contributed by atoms with Gasteiger partial charge in [0.15, 0.2) is 52.9 Å². The highest BCUT2D eigenvalue weighted by molar-refractivity contribution is 5.77. The van der Waals surface area contributed by atoms with Crippen molar-refractivity contribution in [2.24, 2.45) is 0 Å². The number of rotatable bonds is 4. The molecule has 0 amide bonds. The van der Waals surface area contributed by atoms with Crippen molar-refractivity contribution in [3.05, 3.63) is 95.6 Å². The quantitative estimate of drug-likeness (QED) is 0.0536. The van der Waals surface area contributed by atoms with Gasteiger partial charge in [-0.15, -0.1) is 0 Å². The summed E-state index contributed by atoms with van der Waals surface area (Å²) in [5.41, 5.74) is 4.94. The lowest BCUT2D eigenvalue weighted by Crippen LogP contribution is -1.87. The summed E-state index contributed by atoms with van der Waals surface area (Å²) in [4.78, 5) is 20.1. The van der Waals surface area contributed by atoms with Crippen molar-refractivity contribution in [2.75, 3.05) is 20.0 Å². The molecule has 0 aliphatic carbocycles. The van der Waals surface area contributed by atoms with Gasteiger partial charge in [0.2, 0.25) is 5.75 Å². The van der Waals surface area contributed by atoms with E-state index < -0.39 is 34.6 Å². The molecule has 5 aromatic rings. The Morgan fingerprint density at radius 1 is 0.528 bits per heavy atom. The van der Waals surface area contributed by atoms with Crippen LogP contribution in [0.2, 0.25) is 0 Å². The van der Waals surface area contributed by atoms with Crippen molar-refractivity contribution in [1.29, 1.82) is 0 Å². The van der Waals surface area contributed by atoms with Gasteiger partial charge in [-0.05, 0) is 30.3 Å². The Morgan fingerprint density at radius 3 is 1.47 bits per heavy atom. The normalized spacial score (nSPS) is 9.28. The molecule has 0 heterocycles. The molecule has 0 unspecified atom stereocenters. The second-order valence-corrected chi connectivity index (χ2v) is 9.58. The number of carbonyl (C=O) groups is 2. The van der Waals surface area contributed by atoms with E-state index >= 15 is 0 Å². The van der Waals surface area contributed by atoms with Crippen LogP contribution in [0.3, 0.4) is 0 Å². The molecule has 0 fully saturated rings. The predicted octanol–water partition coefficient (Wildman–Crippen LogP) is 3.87. The maximum Gasteiger partial charge on any atom is 0.203 e. The smallest absolute Gasteiger partial charge is 0.203 e. The third-order valence-corrected chi connectivity index (χ3v) is 5.84. The number of phenols is 11. The molecule has 15 N–H and O–H groups in total. The maximum absolute atomic E-state index is 12.6. The van der Waals surface area contributed by atoms with Crippen LogP contribution in [0.5, 0.6) is 74.7 Å². The van der Waals surface area contributed by atoms with Gasteiger partial charge < -0.3 is 76.9 Å². The minimum atomic E-state index is -1.10. The van der Waals surface area contributed by atoms with Crippen LogP contribution in [-0.2, 0) is 0 Å². The zero-order valence-corrected chi connectivity index (χ0v) is 27.5. The molecule has 5 rings (SSSR count). The van der Waals surface area contributed by atoms with Gasteiger partial charge in [0.05, 0.1) is 31.0 Å². The lowest BCUT2D eigenvalue weighted by molar-refractivity contribution is 0.111. The van der Waals surface area contributed by atoms with Crippen molar-refractivity contribution in [3.8, 4) is 74.7 Å². The Hall–Kier alpha value is -7.54. The summed E-state index contributed by atoms with van der Waals surface area (Å²) >= 11 is 0. The number of aldehydes is 2. The van der Waals surface area contributed by atoms with E-state index in [9.17, 15) is 18.4 Å². The van der Waals surface area contributed by atoms with E-state index in [2.05, 4.69) is 4.74 Å². The predicted molar refractivity (Wildman–Crippen MR) is 182 cm³/mol. The molecule has 0 aliphatic rings. The Labute approximate surface area is 298 Å². The number of hydrogen-bond donors (Lipinski definition) is 12. The monoisotopic (exact) mass is 751 g/mol. The second kappa shape index (κ2) is 21.5. The van der Waals surface area contributed by atoms with Gasteiger partial charge in [0.1, 0.15) is 40.3 Å². The maximum atomic E-state index is 12.6. The summed E-state index contributed by atoms with van der Waals surface area (Å²) in [6.07, 6.45) is 0.517.